The molecule has 112 valence electrons. The van der Waals surface area contributed by atoms with Crippen LogP contribution < -0.4 is 5.32 Å². The Bertz CT molecular complexity index is 400. The van der Waals surface area contributed by atoms with Crippen molar-refractivity contribution in [1.29, 1.82) is 0 Å². The van der Waals surface area contributed by atoms with Crippen LogP contribution in [-0.2, 0) is 14.6 Å². The van der Waals surface area contributed by atoms with Crippen LogP contribution in [0.2, 0.25) is 0 Å². The molecule has 0 heterocycles. The summed E-state index contributed by atoms with van der Waals surface area (Å²) in [6.45, 7) is 4.53. The fourth-order valence-corrected chi connectivity index (χ4v) is 3.14. The van der Waals surface area contributed by atoms with Gasteiger partial charge in [-0.25, -0.2) is 8.42 Å². The molecule has 0 aromatic carbocycles. The maximum Gasteiger partial charge on any atom is 0.240 e. The standard InChI is InChI=1S/C13H26N2O3S/c1-5-14-11-6-8-12(9-7-11)15(3)13(16)10(2)19(4,17)18/h10-12,14H,5-9H2,1-4H3. The second-order valence-electron chi connectivity index (χ2n) is 5.48. The maximum absolute atomic E-state index is 12.1. The molecular weight excluding hydrogens is 264 g/mol. The van der Waals surface area contributed by atoms with Crippen molar-refractivity contribution in [1.82, 2.24) is 10.2 Å². The molecule has 1 atom stereocenters. The fourth-order valence-electron chi connectivity index (χ4n) is 2.61. The molecule has 0 saturated heterocycles. The zero-order valence-electron chi connectivity index (χ0n) is 12.3. The zero-order chi connectivity index (χ0) is 14.6. The number of carbonyl (C=O) groups is 1. The summed E-state index contributed by atoms with van der Waals surface area (Å²) in [5, 5.41) is 2.48. The molecule has 0 aliphatic heterocycles. The highest BCUT2D eigenvalue weighted by Gasteiger charge is 2.32. The lowest BCUT2D eigenvalue weighted by molar-refractivity contribution is -0.131. The van der Waals surface area contributed by atoms with Gasteiger partial charge in [-0.2, -0.15) is 0 Å². The number of sulfone groups is 1. The fraction of sp³-hybridized carbons (Fsp3) is 0.923. The summed E-state index contributed by atoms with van der Waals surface area (Å²) in [5.41, 5.74) is 0. The quantitative estimate of drug-likeness (QED) is 0.813. The van der Waals surface area contributed by atoms with Crippen molar-refractivity contribution >= 4 is 15.7 Å². The Balaban J connectivity index is 2.56. The second kappa shape index (κ2) is 6.70. The molecule has 0 spiro atoms. The number of nitrogens with one attached hydrogen (secondary N) is 1. The van der Waals surface area contributed by atoms with E-state index < -0.39 is 15.1 Å². The summed E-state index contributed by atoms with van der Waals surface area (Å²) < 4.78 is 22.9. The van der Waals surface area contributed by atoms with E-state index in [0.29, 0.717) is 6.04 Å². The first-order chi connectivity index (χ1) is 8.77. The van der Waals surface area contributed by atoms with Crippen molar-refractivity contribution in [3.63, 3.8) is 0 Å². The minimum atomic E-state index is -3.31. The van der Waals surface area contributed by atoms with Crippen LogP contribution in [0, 0.1) is 0 Å². The molecule has 1 fully saturated rings. The number of hydrogen-bond acceptors (Lipinski definition) is 4. The van der Waals surface area contributed by atoms with Crippen molar-refractivity contribution in [2.45, 2.75) is 56.9 Å². The van der Waals surface area contributed by atoms with Crippen molar-refractivity contribution in [3.05, 3.63) is 0 Å². The topological polar surface area (TPSA) is 66.5 Å². The molecule has 1 N–H and O–H groups in total. The van der Waals surface area contributed by atoms with Gasteiger partial charge in [0.2, 0.25) is 5.91 Å². The maximum atomic E-state index is 12.1. The summed E-state index contributed by atoms with van der Waals surface area (Å²) in [6.07, 6.45) is 5.09. The van der Waals surface area contributed by atoms with Crippen molar-refractivity contribution in [2.24, 2.45) is 0 Å². The number of hydrogen-bond donors (Lipinski definition) is 1. The molecule has 19 heavy (non-hydrogen) atoms. The van der Waals surface area contributed by atoms with Gasteiger partial charge in [-0.3, -0.25) is 4.79 Å². The summed E-state index contributed by atoms with van der Waals surface area (Å²) in [5.74, 6) is -0.283. The van der Waals surface area contributed by atoms with E-state index >= 15 is 0 Å². The molecule has 1 saturated carbocycles. The van der Waals surface area contributed by atoms with Gasteiger partial charge in [0.05, 0.1) is 0 Å². The Hall–Kier alpha value is -0.620. The number of rotatable bonds is 5. The van der Waals surface area contributed by atoms with Gasteiger partial charge in [0.15, 0.2) is 9.84 Å². The number of nitrogens with zero attached hydrogens (tertiary/aromatic N) is 1. The Morgan fingerprint density at radius 1 is 1.32 bits per heavy atom. The third-order valence-electron chi connectivity index (χ3n) is 4.07. The van der Waals surface area contributed by atoms with Crippen LogP contribution in [0.1, 0.15) is 39.5 Å². The van der Waals surface area contributed by atoms with Gasteiger partial charge in [0.25, 0.3) is 0 Å². The Morgan fingerprint density at radius 2 is 1.84 bits per heavy atom. The Kier molecular flexibility index (Phi) is 5.80. The summed E-state index contributed by atoms with van der Waals surface area (Å²) in [7, 11) is -1.58. The zero-order valence-corrected chi connectivity index (χ0v) is 13.2. The largest absolute Gasteiger partial charge is 0.342 e. The minimum absolute atomic E-state index is 0.173. The molecule has 0 bridgehead atoms. The molecule has 1 unspecified atom stereocenters. The average molecular weight is 290 g/mol. The van der Waals surface area contributed by atoms with E-state index in [4.69, 9.17) is 0 Å². The van der Waals surface area contributed by atoms with Crippen LogP contribution in [0.5, 0.6) is 0 Å². The average Bonchev–Trinajstić information content (AvgIpc) is 2.36. The van der Waals surface area contributed by atoms with Crippen LogP contribution in [0.4, 0.5) is 0 Å². The lowest BCUT2D eigenvalue weighted by atomic mass is 9.90. The SMILES string of the molecule is CCNC1CCC(N(C)C(=O)C(C)S(C)(=O)=O)CC1. The third-order valence-corrected chi connectivity index (χ3v) is 5.56. The van der Waals surface area contributed by atoms with Gasteiger partial charge < -0.3 is 10.2 Å². The van der Waals surface area contributed by atoms with Gasteiger partial charge in [0, 0.05) is 25.4 Å². The smallest absolute Gasteiger partial charge is 0.240 e. The first-order valence-corrected chi connectivity index (χ1v) is 8.91. The second-order valence-corrected chi connectivity index (χ2v) is 7.85. The van der Waals surface area contributed by atoms with Crippen LogP contribution in [0.3, 0.4) is 0 Å². The van der Waals surface area contributed by atoms with Crippen molar-refractivity contribution in [2.75, 3.05) is 19.8 Å². The van der Waals surface area contributed by atoms with E-state index in [2.05, 4.69) is 12.2 Å². The van der Waals surface area contributed by atoms with Crippen LogP contribution in [-0.4, -0.2) is 56.4 Å². The van der Waals surface area contributed by atoms with Gasteiger partial charge in [-0.1, -0.05) is 6.92 Å². The highest BCUT2D eigenvalue weighted by atomic mass is 32.2. The van der Waals surface area contributed by atoms with Gasteiger partial charge in [0.1, 0.15) is 5.25 Å². The molecule has 5 nitrogen and oxygen atoms in total. The molecule has 1 rings (SSSR count). The van der Waals surface area contributed by atoms with Gasteiger partial charge in [-0.15, -0.1) is 0 Å². The predicted molar refractivity (Wildman–Crippen MR) is 76.8 cm³/mol. The predicted octanol–water partition coefficient (Wildman–Crippen LogP) is 0.799. The van der Waals surface area contributed by atoms with Crippen molar-refractivity contribution < 1.29 is 13.2 Å². The van der Waals surface area contributed by atoms with Crippen molar-refractivity contribution in [3.8, 4) is 0 Å². The minimum Gasteiger partial charge on any atom is -0.342 e. The lowest BCUT2D eigenvalue weighted by Gasteiger charge is -2.35. The van der Waals surface area contributed by atoms with Gasteiger partial charge >= 0.3 is 0 Å². The molecule has 1 aliphatic rings. The van der Waals surface area contributed by atoms with E-state index in [1.165, 1.54) is 6.92 Å². The Morgan fingerprint density at radius 3 is 2.26 bits per heavy atom. The number of amides is 1. The first kappa shape index (κ1) is 16.4. The lowest BCUT2D eigenvalue weighted by Crippen LogP contribution is -2.47. The molecule has 1 aliphatic carbocycles. The molecule has 0 aromatic heterocycles. The molecule has 0 aromatic rings. The molecule has 0 radical (unpaired) electrons. The summed E-state index contributed by atoms with van der Waals surface area (Å²) in [6, 6.07) is 0.712. The van der Waals surface area contributed by atoms with E-state index in [9.17, 15) is 13.2 Å². The van der Waals surface area contributed by atoms with Crippen LogP contribution in [0.15, 0.2) is 0 Å². The van der Waals surface area contributed by atoms with E-state index in [1.54, 1.807) is 11.9 Å². The first-order valence-electron chi connectivity index (χ1n) is 6.96. The van der Waals surface area contributed by atoms with Gasteiger partial charge in [-0.05, 0) is 39.2 Å². The van der Waals surface area contributed by atoms with Crippen LogP contribution >= 0.6 is 0 Å². The van der Waals surface area contributed by atoms with Crippen LogP contribution in [0.25, 0.3) is 0 Å². The van der Waals surface area contributed by atoms with E-state index in [0.717, 1.165) is 38.5 Å². The summed E-state index contributed by atoms with van der Waals surface area (Å²) >= 11 is 0. The molecule has 1 amide bonds. The monoisotopic (exact) mass is 290 g/mol. The summed E-state index contributed by atoms with van der Waals surface area (Å²) in [4.78, 5) is 13.8. The van der Waals surface area contributed by atoms with E-state index in [1.807, 2.05) is 0 Å². The Labute approximate surface area is 116 Å². The third kappa shape index (κ3) is 4.45. The molecular formula is C13H26N2O3S. The highest BCUT2D eigenvalue weighted by Crippen LogP contribution is 2.23. The van der Waals surface area contributed by atoms with E-state index in [-0.39, 0.29) is 11.9 Å². The normalized spacial score (nSPS) is 25.9. The molecule has 6 heteroatoms. The number of carbonyl (C=O) groups excluding carboxylic acids is 1. The highest BCUT2D eigenvalue weighted by molar-refractivity contribution is 7.92.